The van der Waals surface area contributed by atoms with Crippen molar-refractivity contribution in [1.82, 2.24) is 5.32 Å². The number of rotatable bonds is 6. The first kappa shape index (κ1) is 18.9. The normalized spacial score (nSPS) is 31.0. The number of carbonyl (C=O) groups is 2. The lowest BCUT2D eigenvalue weighted by Crippen LogP contribution is -2.49. The summed E-state index contributed by atoms with van der Waals surface area (Å²) in [5, 5.41) is 5.69. The Bertz CT molecular complexity index is 711. The fourth-order valence-electron chi connectivity index (χ4n) is 5.74. The first-order chi connectivity index (χ1) is 12.9. The molecule has 5 heteroatoms. The molecule has 0 radical (unpaired) electrons. The molecule has 1 aromatic carbocycles. The van der Waals surface area contributed by atoms with Gasteiger partial charge in [-0.05, 0) is 87.3 Å². The number of aryl methyl sites for hydroxylation is 1. The highest BCUT2D eigenvalue weighted by molar-refractivity contribution is 8.01. The van der Waals surface area contributed by atoms with E-state index < -0.39 is 0 Å². The second-order valence-electron chi connectivity index (χ2n) is 8.96. The highest BCUT2D eigenvalue weighted by atomic mass is 32.2. The highest BCUT2D eigenvalue weighted by Crippen LogP contribution is 2.60. The Labute approximate surface area is 166 Å². The van der Waals surface area contributed by atoms with Crippen LogP contribution in [-0.2, 0) is 9.59 Å². The summed E-state index contributed by atoms with van der Waals surface area (Å²) < 4.78 is 0.340. The van der Waals surface area contributed by atoms with Crippen LogP contribution in [0.3, 0.4) is 0 Å². The SMILES string of the molecule is Cc1cccc(NC(=O)CNC(=O)CSC23CC4CC(CC(C4)C2)C3)c1C. The van der Waals surface area contributed by atoms with Crippen LogP contribution in [0.4, 0.5) is 5.69 Å². The molecule has 4 saturated carbocycles. The lowest BCUT2D eigenvalue weighted by atomic mass is 9.56. The fourth-order valence-corrected chi connectivity index (χ4v) is 7.34. The lowest BCUT2D eigenvalue weighted by Gasteiger charge is -2.56. The first-order valence-corrected chi connectivity index (χ1v) is 11.2. The Hall–Kier alpha value is -1.49. The van der Waals surface area contributed by atoms with Crippen molar-refractivity contribution < 1.29 is 9.59 Å². The van der Waals surface area contributed by atoms with E-state index in [9.17, 15) is 9.59 Å². The molecule has 1 aromatic rings. The summed E-state index contributed by atoms with van der Waals surface area (Å²) in [6.07, 6.45) is 8.15. The van der Waals surface area contributed by atoms with E-state index in [2.05, 4.69) is 10.6 Å². The molecule has 5 rings (SSSR count). The molecule has 2 amide bonds. The maximum Gasteiger partial charge on any atom is 0.243 e. The van der Waals surface area contributed by atoms with Crippen molar-refractivity contribution in [3.63, 3.8) is 0 Å². The van der Waals surface area contributed by atoms with Gasteiger partial charge in [-0.1, -0.05) is 12.1 Å². The average Bonchev–Trinajstić information content (AvgIpc) is 2.61. The van der Waals surface area contributed by atoms with Crippen LogP contribution in [0.1, 0.15) is 49.7 Å². The molecule has 0 heterocycles. The highest BCUT2D eigenvalue weighted by Gasteiger charge is 2.51. The van der Waals surface area contributed by atoms with Gasteiger partial charge in [-0.3, -0.25) is 9.59 Å². The number of benzene rings is 1. The predicted octanol–water partition coefficient (Wildman–Crippen LogP) is 4.06. The zero-order valence-corrected chi connectivity index (χ0v) is 17.2. The zero-order valence-electron chi connectivity index (χ0n) is 16.3. The summed E-state index contributed by atoms with van der Waals surface area (Å²) in [5.41, 5.74) is 3.02. The molecular formula is C22H30N2O2S. The minimum Gasteiger partial charge on any atom is -0.346 e. The number of anilines is 1. The van der Waals surface area contributed by atoms with Crippen molar-refractivity contribution in [2.75, 3.05) is 17.6 Å². The smallest absolute Gasteiger partial charge is 0.243 e. The van der Waals surface area contributed by atoms with Gasteiger partial charge in [0.2, 0.25) is 11.8 Å². The van der Waals surface area contributed by atoms with E-state index >= 15 is 0 Å². The molecular weight excluding hydrogens is 356 g/mol. The second kappa shape index (κ2) is 7.50. The number of nitrogens with one attached hydrogen (secondary N) is 2. The number of hydrogen-bond acceptors (Lipinski definition) is 3. The van der Waals surface area contributed by atoms with Gasteiger partial charge in [-0.2, -0.15) is 0 Å². The van der Waals surface area contributed by atoms with Crippen LogP contribution in [0, 0.1) is 31.6 Å². The molecule has 4 aliphatic carbocycles. The lowest BCUT2D eigenvalue weighted by molar-refractivity contribution is -0.122. The van der Waals surface area contributed by atoms with Crippen molar-refractivity contribution >= 4 is 29.3 Å². The Morgan fingerprint density at radius 3 is 2.30 bits per heavy atom. The molecule has 0 aromatic heterocycles. The van der Waals surface area contributed by atoms with Gasteiger partial charge in [0.25, 0.3) is 0 Å². The number of amides is 2. The maximum atomic E-state index is 12.3. The second-order valence-corrected chi connectivity index (χ2v) is 10.4. The summed E-state index contributed by atoms with van der Waals surface area (Å²) in [4.78, 5) is 24.5. The van der Waals surface area contributed by atoms with Gasteiger partial charge >= 0.3 is 0 Å². The molecule has 0 aliphatic heterocycles. The maximum absolute atomic E-state index is 12.3. The summed E-state index contributed by atoms with van der Waals surface area (Å²) in [5.74, 6) is 2.98. The van der Waals surface area contributed by atoms with Crippen LogP contribution in [-0.4, -0.2) is 28.9 Å². The minimum absolute atomic E-state index is 0.0214. The third-order valence-electron chi connectivity index (χ3n) is 6.82. The van der Waals surface area contributed by atoms with Crippen LogP contribution >= 0.6 is 11.8 Å². The van der Waals surface area contributed by atoms with E-state index in [0.717, 1.165) is 34.6 Å². The first-order valence-electron chi connectivity index (χ1n) is 10.2. The summed E-state index contributed by atoms with van der Waals surface area (Å²) in [6.45, 7) is 4.05. The molecule has 4 bridgehead atoms. The third-order valence-corrected chi connectivity index (χ3v) is 8.34. The van der Waals surface area contributed by atoms with Gasteiger partial charge in [0.15, 0.2) is 0 Å². The van der Waals surface area contributed by atoms with Gasteiger partial charge in [-0.25, -0.2) is 0 Å². The van der Waals surface area contributed by atoms with Crippen LogP contribution in [0.15, 0.2) is 18.2 Å². The predicted molar refractivity (Wildman–Crippen MR) is 111 cm³/mol. The molecule has 146 valence electrons. The molecule has 0 spiro atoms. The van der Waals surface area contributed by atoms with Crippen molar-refractivity contribution in [2.24, 2.45) is 17.8 Å². The van der Waals surface area contributed by atoms with E-state index in [4.69, 9.17) is 0 Å². The third kappa shape index (κ3) is 4.18. The molecule has 4 nitrogen and oxygen atoms in total. The van der Waals surface area contributed by atoms with Gasteiger partial charge < -0.3 is 10.6 Å². The largest absolute Gasteiger partial charge is 0.346 e. The standard InChI is InChI=1S/C22H30N2O2S/c1-14-4-3-5-19(15(14)2)24-20(25)12-23-21(26)13-27-22-9-16-6-17(10-22)8-18(7-16)11-22/h3-5,16-18H,6-13H2,1-2H3,(H,23,26)(H,24,25). The molecule has 0 saturated heterocycles. The fraction of sp³-hybridized carbons (Fsp3) is 0.636. The summed E-state index contributed by atoms with van der Waals surface area (Å²) in [6, 6.07) is 5.85. The van der Waals surface area contributed by atoms with Crippen LogP contribution in [0.25, 0.3) is 0 Å². The van der Waals surface area contributed by atoms with Gasteiger partial charge in [-0.15, -0.1) is 11.8 Å². The molecule has 4 fully saturated rings. The molecule has 2 N–H and O–H groups in total. The molecule has 0 atom stereocenters. The van der Waals surface area contributed by atoms with E-state index in [1.54, 1.807) is 0 Å². The van der Waals surface area contributed by atoms with Crippen LogP contribution < -0.4 is 10.6 Å². The van der Waals surface area contributed by atoms with E-state index in [1.165, 1.54) is 38.5 Å². The van der Waals surface area contributed by atoms with E-state index in [1.807, 2.05) is 43.8 Å². The van der Waals surface area contributed by atoms with Crippen molar-refractivity contribution in [2.45, 2.75) is 57.1 Å². The summed E-state index contributed by atoms with van der Waals surface area (Å²) in [7, 11) is 0. The van der Waals surface area contributed by atoms with Gasteiger partial charge in [0.1, 0.15) is 0 Å². The van der Waals surface area contributed by atoms with Crippen molar-refractivity contribution in [3.05, 3.63) is 29.3 Å². The molecule has 0 unspecified atom stereocenters. The number of thioether (sulfide) groups is 1. The Kier molecular flexibility index (Phi) is 5.23. The van der Waals surface area contributed by atoms with E-state index in [0.29, 0.717) is 10.5 Å². The topological polar surface area (TPSA) is 58.2 Å². The number of hydrogen-bond donors (Lipinski definition) is 2. The monoisotopic (exact) mass is 386 g/mol. The molecule has 4 aliphatic rings. The Morgan fingerprint density at radius 1 is 1.04 bits per heavy atom. The van der Waals surface area contributed by atoms with Crippen LogP contribution in [0.5, 0.6) is 0 Å². The van der Waals surface area contributed by atoms with Crippen LogP contribution in [0.2, 0.25) is 0 Å². The van der Waals surface area contributed by atoms with Crippen molar-refractivity contribution in [1.29, 1.82) is 0 Å². The summed E-state index contributed by atoms with van der Waals surface area (Å²) >= 11 is 1.86. The van der Waals surface area contributed by atoms with Gasteiger partial charge in [0, 0.05) is 10.4 Å². The quantitative estimate of drug-likeness (QED) is 0.775. The number of carbonyl (C=O) groups excluding carboxylic acids is 2. The Balaban J connectivity index is 1.23. The Morgan fingerprint density at radius 2 is 1.67 bits per heavy atom. The zero-order chi connectivity index (χ0) is 19.0. The molecule has 27 heavy (non-hydrogen) atoms. The average molecular weight is 387 g/mol. The van der Waals surface area contributed by atoms with E-state index in [-0.39, 0.29) is 18.4 Å². The van der Waals surface area contributed by atoms with Crippen molar-refractivity contribution in [3.8, 4) is 0 Å². The minimum atomic E-state index is -0.170. The van der Waals surface area contributed by atoms with Gasteiger partial charge in [0.05, 0.1) is 12.3 Å².